The zero-order valence-corrected chi connectivity index (χ0v) is 90.7. The molecule has 32 heteroatoms. The van der Waals surface area contributed by atoms with Gasteiger partial charge >= 0.3 is 47.8 Å². The molecule has 8 aromatic heterocycles. The third-order valence-corrected chi connectivity index (χ3v) is 25.8. The largest absolute Gasteiger partial charge is 0.457 e. The number of aromatic nitrogens is 4. The Hall–Kier alpha value is -10.3. The summed E-state index contributed by atoms with van der Waals surface area (Å²) in [6.07, 6.45) is 24.6. The number of esters is 8. The van der Waals surface area contributed by atoms with Crippen molar-refractivity contribution in [2.75, 3.05) is 265 Å². The molecule has 0 amide bonds. The molecule has 4 N–H and O–H groups in total. The first-order valence-corrected chi connectivity index (χ1v) is 51.8. The van der Waals surface area contributed by atoms with Gasteiger partial charge in [-0.05, 0) is 218 Å². The minimum atomic E-state index is -0.400. The quantitative estimate of drug-likeness (QED) is 0.0156. The third-order valence-electron chi connectivity index (χ3n) is 25.8. The summed E-state index contributed by atoms with van der Waals surface area (Å²) in [7, 11) is 12.3. The van der Waals surface area contributed by atoms with E-state index in [2.05, 4.69) is 166 Å². The number of H-pyrrole nitrogens is 4. The molecule has 0 aliphatic heterocycles. The Labute approximate surface area is 840 Å². The van der Waals surface area contributed by atoms with Crippen LogP contribution in [0.1, 0.15) is 273 Å². The van der Waals surface area contributed by atoms with Gasteiger partial charge < -0.3 is 111 Å². The number of hydrogen-bond acceptors (Lipinski definition) is 20. The summed E-state index contributed by atoms with van der Waals surface area (Å²) in [6, 6.07) is 27.3. The Bertz CT molecular complexity index is 4060. The average molecular weight is 1970 g/mol. The molecule has 0 spiro atoms. The monoisotopic (exact) mass is 1970 g/mol. The molecule has 2 atom stereocenters. The number of carbonyl (C=O) groups excluding carboxylic acids is 8. The van der Waals surface area contributed by atoms with Crippen molar-refractivity contribution in [3.8, 4) is 0 Å². The number of rotatable bonds is 60. The van der Waals surface area contributed by atoms with E-state index in [1.165, 1.54) is 83.1 Å². The predicted octanol–water partition coefficient (Wildman–Crippen LogP) is 19.0. The summed E-state index contributed by atoms with van der Waals surface area (Å²) in [6.45, 7) is 70.3. The average Bonchev–Trinajstić information content (AvgIpc) is 1.40. The number of carbonyl (C=O) groups is 8. The molecule has 140 heavy (non-hydrogen) atoms. The number of aromatic amines is 4. The molecule has 8 heterocycles. The van der Waals surface area contributed by atoms with E-state index in [0.717, 1.165) is 212 Å². The fourth-order valence-electron chi connectivity index (χ4n) is 16.2. The highest BCUT2D eigenvalue weighted by Crippen LogP contribution is 2.19. The smallest absolute Gasteiger partial charge is 0.374 e. The summed E-state index contributed by atoms with van der Waals surface area (Å²) < 4.78 is 69.5. The first-order valence-electron chi connectivity index (χ1n) is 51.8. The van der Waals surface area contributed by atoms with Crippen molar-refractivity contribution in [2.24, 2.45) is 0 Å². The molecule has 0 aliphatic carbocycles. The van der Waals surface area contributed by atoms with E-state index in [1.807, 2.05) is 21.1 Å². The van der Waals surface area contributed by atoms with Crippen LogP contribution in [0.2, 0.25) is 0 Å². The number of quaternary nitrogens is 8. The van der Waals surface area contributed by atoms with Crippen LogP contribution in [-0.2, 0) is 37.9 Å². The SMILES string of the molecule is CCCC[N+](CC)(CCC)CCOC(=O)c1ccc[nH]1.CCCC[N+](CC)(CCC)CCOC(=O)c1ccco1.CCC[N+](CC)(CCC)CCOC(=O)c1ccc[nH]1.CCC[N+](CC)(CCC)CCOC(=O)c1ccco1.CC[N+](CC)(CC)CCOC(=O)c1ccc[nH]1.CC[N+](CC)(CC)CCOC(=O)c1ccco1.C[N+](C)(C)CCOC(=O)c1ccc[nH]1.C[N+](C)(C)CCOC(=O)c1ccco1. The zero-order chi connectivity index (χ0) is 105. The molecule has 0 saturated heterocycles. The Balaban J connectivity index is 0.000000802. The lowest BCUT2D eigenvalue weighted by atomic mass is 10.2. The van der Waals surface area contributed by atoms with Gasteiger partial charge in [0.25, 0.3) is 0 Å². The lowest BCUT2D eigenvalue weighted by Gasteiger charge is -2.37. The van der Waals surface area contributed by atoms with Crippen LogP contribution in [0.5, 0.6) is 0 Å². The highest BCUT2D eigenvalue weighted by Gasteiger charge is 2.31. The second-order valence-corrected chi connectivity index (χ2v) is 37.4. The number of nitrogens with zero attached hydrogens (tertiary/aromatic N) is 8. The van der Waals surface area contributed by atoms with Crippen molar-refractivity contribution in [2.45, 2.75) is 189 Å². The van der Waals surface area contributed by atoms with Crippen molar-refractivity contribution in [1.29, 1.82) is 0 Å². The minimum absolute atomic E-state index is 0.254. The Morgan fingerprint density at radius 1 is 0.214 bits per heavy atom. The maximum Gasteiger partial charge on any atom is 0.374 e. The van der Waals surface area contributed by atoms with E-state index >= 15 is 0 Å². The van der Waals surface area contributed by atoms with Gasteiger partial charge in [-0.3, -0.25) is 0 Å². The standard InChI is InChI=1S/C16H28N2O2.C16H28NO3.C15H26N2O2.C15H26NO3.C13H22N2O2.C13H22NO3.C10H16N2O2.C10H16NO3/c1-4-7-12-18(6-3,11-5-2)13-14-20-16(19)15-9-8-10-17-15;1-4-7-11-17(6-3,10-5-2)12-14-20-16(18)15-9-8-13-19-15;1-4-10-17(6-3,11-5-2)12-13-19-15(18)14-8-7-9-16-14;1-4-9-16(6-3,10-5-2)11-13-19-15(17)14-8-7-12-18-14;1-4-15(5-2,6-3)10-11-17-13(16)12-8-7-9-14-12;1-4-14(5-2,6-3)9-11-17-13(15)12-8-7-10-16-12;1-12(2,3)7-8-14-10(13)9-5-4-6-11-9;1-11(2,3)6-8-14-10(12)9-5-4-7-13-9/h8-10H,4-7,11-14H2,1-3H3;8-9,13H,4-7,10-12,14H2,1-3H3;7-9H,4-6,10-13H2,1-3H3;7-8,12H,4-6,9-11,13H2,1-3H3;7-9H,4-6,10-11H2,1-3H3;7-8,10H,4-6,9,11H2,1-3H3;4-6H,7-8H2,1-3H3;4-5,7H,6,8H2,1-3H3/q;+1;;+1;;+1;;+1/p+4. The topological polar surface area (TPSA) is 326 Å². The highest BCUT2D eigenvalue weighted by atomic mass is 16.6. The van der Waals surface area contributed by atoms with E-state index in [4.69, 9.17) is 55.6 Å². The predicted molar refractivity (Wildman–Crippen MR) is 553 cm³/mol. The van der Waals surface area contributed by atoms with Crippen LogP contribution in [0.3, 0.4) is 0 Å². The van der Waals surface area contributed by atoms with Gasteiger partial charge in [0.05, 0.1) is 185 Å². The van der Waals surface area contributed by atoms with Gasteiger partial charge in [-0.1, -0.05) is 68.2 Å². The maximum atomic E-state index is 11.8. The molecule has 0 bridgehead atoms. The number of unbranched alkanes of at least 4 members (excludes halogenated alkanes) is 2. The second kappa shape index (κ2) is 72.9. The maximum absolute atomic E-state index is 11.8. The molecule has 0 saturated carbocycles. The minimum Gasteiger partial charge on any atom is -0.457 e. The zero-order valence-electron chi connectivity index (χ0n) is 90.7. The fourth-order valence-corrected chi connectivity index (χ4v) is 16.2. The van der Waals surface area contributed by atoms with Crippen molar-refractivity contribution in [3.63, 3.8) is 0 Å². The number of hydrogen-bond donors (Lipinski definition) is 4. The van der Waals surface area contributed by atoms with Crippen LogP contribution in [0, 0.1) is 0 Å². The molecule has 8 aromatic rings. The number of nitrogens with one attached hydrogen (secondary N) is 4. The van der Waals surface area contributed by atoms with Gasteiger partial charge in [-0.2, -0.15) is 0 Å². The Kier molecular flexibility index (Phi) is 66.5. The van der Waals surface area contributed by atoms with Gasteiger partial charge in [0.1, 0.15) is 128 Å². The van der Waals surface area contributed by atoms with Gasteiger partial charge in [0.15, 0.2) is 0 Å². The molecular weight excluding hydrogens is 1790 g/mol. The Morgan fingerprint density at radius 2 is 0.393 bits per heavy atom. The number of likely N-dealkylation sites (N-methyl/N-ethyl adjacent to an activating group) is 8. The molecule has 32 nitrogen and oxygen atoms in total. The molecule has 0 aliphatic rings. The van der Waals surface area contributed by atoms with Crippen LogP contribution >= 0.6 is 0 Å². The third kappa shape index (κ3) is 52.4. The van der Waals surface area contributed by atoms with E-state index in [9.17, 15) is 38.4 Å². The second-order valence-electron chi connectivity index (χ2n) is 37.4. The van der Waals surface area contributed by atoms with Gasteiger partial charge in [-0.25, -0.2) is 38.4 Å². The summed E-state index contributed by atoms with van der Waals surface area (Å²) in [5.41, 5.74) is 2.09. The van der Waals surface area contributed by atoms with Crippen LogP contribution < -0.4 is 0 Å². The molecule has 0 radical (unpaired) electrons. The molecule has 8 rings (SSSR count). The molecule has 792 valence electrons. The van der Waals surface area contributed by atoms with Crippen molar-refractivity contribution in [3.05, 3.63) is 193 Å². The van der Waals surface area contributed by atoms with Crippen LogP contribution in [-0.4, -0.2) is 369 Å². The highest BCUT2D eigenvalue weighted by molar-refractivity contribution is 5.90. The van der Waals surface area contributed by atoms with Gasteiger partial charge in [0, 0.05) is 24.8 Å². The lowest BCUT2D eigenvalue weighted by Crippen LogP contribution is -2.51. The van der Waals surface area contributed by atoms with Crippen molar-refractivity contribution >= 4 is 47.8 Å². The van der Waals surface area contributed by atoms with E-state index < -0.39 is 5.97 Å². The lowest BCUT2D eigenvalue weighted by molar-refractivity contribution is -0.926. The summed E-state index contributed by atoms with van der Waals surface area (Å²) >= 11 is 0. The molecule has 0 fully saturated rings. The first-order chi connectivity index (χ1) is 67.0. The first kappa shape index (κ1) is 128. The van der Waals surface area contributed by atoms with Gasteiger partial charge in [-0.15, -0.1) is 0 Å². The molecule has 2 unspecified atom stereocenters. The van der Waals surface area contributed by atoms with Crippen LogP contribution in [0.4, 0.5) is 0 Å². The fraction of sp³-hybridized carbons (Fsp3) is 0.630. The summed E-state index contributed by atoms with van der Waals surface area (Å²) in [5, 5.41) is 0. The summed E-state index contributed by atoms with van der Waals surface area (Å²) in [4.78, 5) is 104. The van der Waals surface area contributed by atoms with Crippen LogP contribution in [0.15, 0.2) is 165 Å². The molecule has 0 aromatic carbocycles. The van der Waals surface area contributed by atoms with Crippen molar-refractivity contribution in [1.82, 2.24) is 19.9 Å². The van der Waals surface area contributed by atoms with E-state index in [0.29, 0.717) is 75.6 Å². The van der Waals surface area contributed by atoms with Gasteiger partial charge in [0.2, 0.25) is 23.0 Å². The van der Waals surface area contributed by atoms with Crippen molar-refractivity contribution < 1.29 is 130 Å². The number of ether oxygens (including phenoxy) is 8. The molecular formula is C108H188N12O20+8. The van der Waals surface area contributed by atoms with E-state index in [-0.39, 0.29) is 64.8 Å². The van der Waals surface area contributed by atoms with E-state index in [1.54, 1.807) is 122 Å². The number of furan rings is 4. The van der Waals surface area contributed by atoms with Crippen LogP contribution in [0.25, 0.3) is 0 Å². The normalized spacial score (nSPS) is 12.2. The Morgan fingerprint density at radius 3 is 0.543 bits per heavy atom. The summed E-state index contributed by atoms with van der Waals surface area (Å²) in [5.74, 6) is -1.49.